The standard InChI is InChI=1S/C16H17N5/c1-2-11-21(12-17)16-9-7-15(8-10-16)20-19-14-5-3-13(18)4-6-14/h3-10H,2,11,18H2,1H3. The zero-order chi connectivity index (χ0) is 15.1. The summed E-state index contributed by atoms with van der Waals surface area (Å²) in [5.74, 6) is 0. The van der Waals surface area contributed by atoms with Crippen LogP contribution in [0.2, 0.25) is 0 Å². The Labute approximate surface area is 124 Å². The first-order chi connectivity index (χ1) is 10.2. The molecule has 0 unspecified atom stereocenters. The molecular formula is C16H17N5. The molecule has 0 bridgehead atoms. The van der Waals surface area contributed by atoms with Gasteiger partial charge in [0.05, 0.1) is 17.1 Å². The molecular weight excluding hydrogens is 262 g/mol. The summed E-state index contributed by atoms with van der Waals surface area (Å²) in [5.41, 5.74) is 8.67. The van der Waals surface area contributed by atoms with Crippen molar-refractivity contribution in [3.63, 3.8) is 0 Å². The molecule has 0 atom stereocenters. The maximum absolute atomic E-state index is 9.08. The van der Waals surface area contributed by atoms with Crippen molar-refractivity contribution >= 4 is 22.7 Å². The van der Waals surface area contributed by atoms with Gasteiger partial charge in [0.2, 0.25) is 0 Å². The number of nitrogen functional groups attached to an aromatic ring is 1. The smallest absolute Gasteiger partial charge is 0.184 e. The second-order valence-corrected chi connectivity index (χ2v) is 4.56. The Morgan fingerprint density at radius 2 is 1.52 bits per heavy atom. The van der Waals surface area contributed by atoms with E-state index in [-0.39, 0.29) is 0 Å². The van der Waals surface area contributed by atoms with E-state index in [0.29, 0.717) is 12.2 Å². The summed E-state index contributed by atoms with van der Waals surface area (Å²) in [4.78, 5) is 1.65. The fourth-order valence-electron chi connectivity index (χ4n) is 1.82. The molecule has 2 aromatic rings. The third-order valence-electron chi connectivity index (χ3n) is 2.90. The lowest BCUT2D eigenvalue weighted by Gasteiger charge is -2.13. The summed E-state index contributed by atoms with van der Waals surface area (Å²) in [7, 11) is 0. The molecule has 2 rings (SSSR count). The number of azo groups is 1. The maximum atomic E-state index is 9.08. The number of rotatable bonds is 5. The van der Waals surface area contributed by atoms with Crippen LogP contribution in [0.4, 0.5) is 22.7 Å². The highest BCUT2D eigenvalue weighted by molar-refractivity contribution is 5.55. The number of hydrogen-bond donors (Lipinski definition) is 1. The van der Waals surface area contributed by atoms with E-state index in [1.807, 2.05) is 43.3 Å². The van der Waals surface area contributed by atoms with Crippen molar-refractivity contribution in [2.75, 3.05) is 17.2 Å². The zero-order valence-corrected chi connectivity index (χ0v) is 11.9. The van der Waals surface area contributed by atoms with Crippen molar-refractivity contribution in [3.05, 3.63) is 48.5 Å². The van der Waals surface area contributed by atoms with E-state index in [0.717, 1.165) is 23.5 Å². The summed E-state index contributed by atoms with van der Waals surface area (Å²) < 4.78 is 0. The molecule has 21 heavy (non-hydrogen) atoms. The minimum atomic E-state index is 0.700. The van der Waals surface area contributed by atoms with Gasteiger partial charge in [-0.15, -0.1) is 0 Å². The van der Waals surface area contributed by atoms with Gasteiger partial charge < -0.3 is 5.73 Å². The maximum Gasteiger partial charge on any atom is 0.184 e. The molecule has 0 saturated heterocycles. The first-order valence-electron chi connectivity index (χ1n) is 6.77. The third-order valence-corrected chi connectivity index (χ3v) is 2.90. The SMILES string of the molecule is CCCN(C#N)c1ccc(N=Nc2ccc(N)cc2)cc1. The van der Waals surface area contributed by atoms with Gasteiger partial charge >= 0.3 is 0 Å². The lowest BCUT2D eigenvalue weighted by molar-refractivity contribution is 0.887. The van der Waals surface area contributed by atoms with Crippen LogP contribution in [0, 0.1) is 11.5 Å². The minimum Gasteiger partial charge on any atom is -0.399 e. The monoisotopic (exact) mass is 279 g/mol. The predicted octanol–water partition coefficient (Wildman–Crippen LogP) is 4.38. The molecule has 0 amide bonds. The normalized spacial score (nSPS) is 10.5. The van der Waals surface area contributed by atoms with Gasteiger partial charge in [0.25, 0.3) is 0 Å². The van der Waals surface area contributed by atoms with Gasteiger partial charge in [0, 0.05) is 12.2 Å². The Morgan fingerprint density at radius 3 is 2.00 bits per heavy atom. The number of nitrogens with two attached hydrogens (primary N) is 1. The van der Waals surface area contributed by atoms with Gasteiger partial charge in [-0.25, -0.2) is 0 Å². The van der Waals surface area contributed by atoms with Crippen LogP contribution in [0.3, 0.4) is 0 Å². The van der Waals surface area contributed by atoms with Crippen LogP contribution in [0.5, 0.6) is 0 Å². The Bertz CT molecular complexity index is 638. The number of benzene rings is 2. The summed E-state index contributed by atoms with van der Waals surface area (Å²) in [6.07, 6.45) is 3.09. The first kappa shape index (κ1) is 14.5. The molecule has 0 spiro atoms. The molecule has 2 aromatic carbocycles. The van der Waals surface area contributed by atoms with Crippen molar-refractivity contribution in [1.29, 1.82) is 5.26 Å². The van der Waals surface area contributed by atoms with E-state index < -0.39 is 0 Å². The molecule has 0 aliphatic rings. The van der Waals surface area contributed by atoms with Crippen molar-refractivity contribution in [2.45, 2.75) is 13.3 Å². The molecule has 0 heterocycles. The average Bonchev–Trinajstić information content (AvgIpc) is 2.53. The van der Waals surface area contributed by atoms with Gasteiger partial charge in [-0.05, 0) is 55.0 Å². The first-order valence-corrected chi connectivity index (χ1v) is 6.77. The molecule has 5 heteroatoms. The highest BCUT2D eigenvalue weighted by Crippen LogP contribution is 2.22. The lowest BCUT2D eigenvalue weighted by Crippen LogP contribution is -2.16. The Kier molecular flexibility index (Phi) is 4.89. The zero-order valence-electron chi connectivity index (χ0n) is 11.9. The van der Waals surface area contributed by atoms with Crippen LogP contribution >= 0.6 is 0 Å². The highest BCUT2D eigenvalue weighted by atomic mass is 15.1. The fourth-order valence-corrected chi connectivity index (χ4v) is 1.82. The molecule has 0 fully saturated rings. The van der Waals surface area contributed by atoms with Gasteiger partial charge in [0.1, 0.15) is 0 Å². The van der Waals surface area contributed by atoms with Crippen molar-refractivity contribution in [1.82, 2.24) is 0 Å². The molecule has 0 radical (unpaired) electrons. The average molecular weight is 279 g/mol. The summed E-state index contributed by atoms with van der Waals surface area (Å²) in [6, 6.07) is 14.6. The molecule has 0 aliphatic heterocycles. The number of nitrogens with zero attached hydrogens (tertiary/aromatic N) is 4. The topological polar surface area (TPSA) is 77.8 Å². The van der Waals surface area contributed by atoms with Crippen LogP contribution in [0.15, 0.2) is 58.8 Å². The van der Waals surface area contributed by atoms with E-state index >= 15 is 0 Å². The molecule has 0 aromatic heterocycles. The van der Waals surface area contributed by atoms with Gasteiger partial charge in [-0.1, -0.05) is 6.92 Å². The molecule has 106 valence electrons. The van der Waals surface area contributed by atoms with Gasteiger partial charge in [0.15, 0.2) is 6.19 Å². The Morgan fingerprint density at radius 1 is 1.00 bits per heavy atom. The quantitative estimate of drug-likeness (QED) is 0.382. The summed E-state index contributed by atoms with van der Waals surface area (Å²) in [5, 5.41) is 17.4. The van der Waals surface area contributed by atoms with Crippen molar-refractivity contribution in [2.24, 2.45) is 10.2 Å². The van der Waals surface area contributed by atoms with Gasteiger partial charge in [-0.3, -0.25) is 4.90 Å². The van der Waals surface area contributed by atoms with E-state index in [2.05, 4.69) is 16.4 Å². The van der Waals surface area contributed by atoms with Crippen LogP contribution in [-0.2, 0) is 0 Å². The summed E-state index contributed by atoms with van der Waals surface area (Å²) in [6.45, 7) is 2.75. The Hall–Kier alpha value is -2.87. The number of hydrogen-bond acceptors (Lipinski definition) is 5. The molecule has 2 N–H and O–H groups in total. The van der Waals surface area contributed by atoms with Crippen LogP contribution in [-0.4, -0.2) is 6.54 Å². The van der Waals surface area contributed by atoms with E-state index in [4.69, 9.17) is 11.0 Å². The summed E-state index contributed by atoms with van der Waals surface area (Å²) >= 11 is 0. The van der Waals surface area contributed by atoms with Crippen LogP contribution in [0.1, 0.15) is 13.3 Å². The molecule has 0 saturated carbocycles. The minimum absolute atomic E-state index is 0.700. The fraction of sp³-hybridized carbons (Fsp3) is 0.188. The van der Waals surface area contributed by atoms with Crippen LogP contribution < -0.4 is 10.6 Å². The van der Waals surface area contributed by atoms with E-state index in [1.165, 1.54) is 0 Å². The predicted molar refractivity (Wildman–Crippen MR) is 84.7 cm³/mol. The van der Waals surface area contributed by atoms with E-state index in [1.54, 1.807) is 17.0 Å². The number of anilines is 2. The Balaban J connectivity index is 2.08. The van der Waals surface area contributed by atoms with Gasteiger partial charge in [-0.2, -0.15) is 15.5 Å². The second-order valence-electron chi connectivity index (χ2n) is 4.56. The third kappa shape index (κ3) is 4.05. The van der Waals surface area contributed by atoms with Crippen molar-refractivity contribution < 1.29 is 0 Å². The van der Waals surface area contributed by atoms with E-state index in [9.17, 15) is 0 Å². The molecule has 5 nitrogen and oxygen atoms in total. The lowest BCUT2D eigenvalue weighted by atomic mass is 10.2. The van der Waals surface area contributed by atoms with Crippen LogP contribution in [0.25, 0.3) is 0 Å². The van der Waals surface area contributed by atoms with Crippen molar-refractivity contribution in [3.8, 4) is 6.19 Å². The largest absolute Gasteiger partial charge is 0.399 e. The number of nitriles is 1. The molecule has 0 aliphatic carbocycles. The highest BCUT2D eigenvalue weighted by Gasteiger charge is 2.03. The second kappa shape index (κ2) is 7.06.